The van der Waals surface area contributed by atoms with Crippen LogP contribution >= 0.6 is 11.8 Å². The molecule has 8 nitrogen and oxygen atoms in total. The number of rotatable bonds is 6. The summed E-state index contributed by atoms with van der Waals surface area (Å²) in [6.07, 6.45) is 1.10. The summed E-state index contributed by atoms with van der Waals surface area (Å²) in [4.78, 5) is 39.6. The number of carbonyl (C=O) groups is 3. The number of hydrogen-bond acceptors (Lipinski definition) is 7. The average Bonchev–Trinajstić information content (AvgIpc) is 3.14. The molecule has 29 heavy (non-hydrogen) atoms. The van der Waals surface area contributed by atoms with E-state index < -0.39 is 17.4 Å². The third kappa shape index (κ3) is 4.29. The second kappa shape index (κ2) is 8.94. The van der Waals surface area contributed by atoms with Gasteiger partial charge in [-0.25, -0.2) is 4.79 Å². The van der Waals surface area contributed by atoms with Crippen LogP contribution in [-0.2, 0) is 19.1 Å². The minimum Gasteiger partial charge on any atom is -0.497 e. The van der Waals surface area contributed by atoms with Gasteiger partial charge in [-0.3, -0.25) is 9.59 Å². The Hall–Kier alpha value is -2.42. The molecule has 2 aliphatic heterocycles. The van der Waals surface area contributed by atoms with Gasteiger partial charge < -0.3 is 24.4 Å². The second-order valence-electron chi connectivity index (χ2n) is 7.12. The Balaban J connectivity index is 1.77. The Bertz CT molecular complexity index is 793. The molecule has 0 unspecified atom stereocenters. The molecule has 1 atom stereocenters. The first-order valence-electron chi connectivity index (χ1n) is 9.44. The van der Waals surface area contributed by atoms with Crippen molar-refractivity contribution in [2.75, 3.05) is 44.3 Å². The molecule has 0 spiro atoms. The lowest BCUT2D eigenvalue weighted by atomic mass is 9.91. The van der Waals surface area contributed by atoms with E-state index in [0.717, 1.165) is 11.5 Å². The van der Waals surface area contributed by atoms with Crippen LogP contribution in [0.15, 0.2) is 18.2 Å². The van der Waals surface area contributed by atoms with Crippen molar-refractivity contribution in [2.45, 2.75) is 24.8 Å². The lowest BCUT2D eigenvalue weighted by molar-refractivity contribution is -0.152. The van der Waals surface area contributed by atoms with E-state index in [1.165, 1.54) is 19.1 Å². The van der Waals surface area contributed by atoms with E-state index in [0.29, 0.717) is 30.0 Å². The molecule has 0 aromatic heterocycles. The number of benzene rings is 1. The highest BCUT2D eigenvalue weighted by molar-refractivity contribution is 7.99. The molecule has 158 valence electrons. The van der Waals surface area contributed by atoms with Gasteiger partial charge in [-0.2, -0.15) is 11.8 Å². The molecule has 1 N–H and O–H groups in total. The molecule has 1 aromatic carbocycles. The van der Waals surface area contributed by atoms with Crippen LogP contribution in [0.2, 0.25) is 0 Å². The molecule has 2 aliphatic rings. The Kier molecular flexibility index (Phi) is 6.56. The molecular weight excluding hydrogens is 396 g/mol. The molecule has 2 saturated heterocycles. The summed E-state index contributed by atoms with van der Waals surface area (Å²) < 4.78 is 15.6. The smallest absolute Gasteiger partial charge is 0.331 e. The number of nitrogens with one attached hydrogen (secondary N) is 1. The largest absolute Gasteiger partial charge is 0.497 e. The summed E-state index contributed by atoms with van der Waals surface area (Å²) in [6, 6.07) is 5.18. The minimum atomic E-state index is -1.01. The van der Waals surface area contributed by atoms with Crippen molar-refractivity contribution in [1.82, 2.24) is 5.32 Å². The van der Waals surface area contributed by atoms with Crippen LogP contribution in [0.5, 0.6) is 11.5 Å². The van der Waals surface area contributed by atoms with Crippen LogP contribution in [0.3, 0.4) is 0 Å². The molecule has 1 aromatic rings. The number of amides is 2. The number of ether oxygens (including phenoxy) is 3. The number of nitrogens with zero attached hydrogens (tertiary/aromatic N) is 1. The van der Waals surface area contributed by atoms with Crippen molar-refractivity contribution in [3.05, 3.63) is 18.2 Å². The summed E-state index contributed by atoms with van der Waals surface area (Å²) in [6.45, 7) is 0.209. The molecule has 0 saturated carbocycles. The van der Waals surface area contributed by atoms with E-state index in [2.05, 4.69) is 5.32 Å². The van der Waals surface area contributed by atoms with E-state index >= 15 is 0 Å². The monoisotopic (exact) mass is 422 g/mol. The fraction of sp³-hybridized carbons (Fsp3) is 0.550. The van der Waals surface area contributed by atoms with E-state index in [9.17, 15) is 14.4 Å². The van der Waals surface area contributed by atoms with Gasteiger partial charge in [-0.05, 0) is 36.5 Å². The predicted molar refractivity (Wildman–Crippen MR) is 109 cm³/mol. The van der Waals surface area contributed by atoms with Crippen molar-refractivity contribution in [2.24, 2.45) is 5.92 Å². The standard InChI is InChI=1S/C20H26N2O6S/c1-26-14-4-5-16(27-2)15(11-14)22-12-13(10-17(22)23)18(24)21-20(19(25)28-3)6-8-29-9-7-20/h4-5,11,13H,6-10,12H2,1-3H3,(H,21,24)/t13-/m1/s1. The highest BCUT2D eigenvalue weighted by atomic mass is 32.2. The summed E-state index contributed by atoms with van der Waals surface area (Å²) in [5.41, 5.74) is -0.454. The third-order valence-electron chi connectivity index (χ3n) is 5.46. The van der Waals surface area contributed by atoms with Gasteiger partial charge in [0.25, 0.3) is 0 Å². The Morgan fingerprint density at radius 2 is 1.90 bits per heavy atom. The van der Waals surface area contributed by atoms with Crippen LogP contribution in [0.1, 0.15) is 19.3 Å². The van der Waals surface area contributed by atoms with Gasteiger partial charge in [0.15, 0.2) is 0 Å². The maximum Gasteiger partial charge on any atom is 0.331 e. The van der Waals surface area contributed by atoms with E-state index in [1.807, 2.05) is 0 Å². The maximum absolute atomic E-state index is 13.0. The Morgan fingerprint density at radius 3 is 2.52 bits per heavy atom. The molecule has 0 radical (unpaired) electrons. The molecular formula is C20H26N2O6S. The van der Waals surface area contributed by atoms with Crippen LogP contribution in [-0.4, -0.2) is 62.7 Å². The average molecular weight is 423 g/mol. The van der Waals surface area contributed by atoms with Gasteiger partial charge in [0.1, 0.15) is 17.0 Å². The maximum atomic E-state index is 13.0. The van der Waals surface area contributed by atoms with Gasteiger partial charge in [-0.15, -0.1) is 0 Å². The van der Waals surface area contributed by atoms with Crippen molar-refractivity contribution < 1.29 is 28.6 Å². The summed E-state index contributed by atoms with van der Waals surface area (Å²) >= 11 is 1.74. The van der Waals surface area contributed by atoms with E-state index in [1.54, 1.807) is 37.1 Å². The quantitative estimate of drug-likeness (QED) is 0.696. The van der Waals surface area contributed by atoms with E-state index in [4.69, 9.17) is 14.2 Å². The summed E-state index contributed by atoms with van der Waals surface area (Å²) in [5.74, 6) is 1.18. The second-order valence-corrected chi connectivity index (χ2v) is 8.34. The Labute approximate surface area is 174 Å². The summed E-state index contributed by atoms with van der Waals surface area (Å²) in [5, 5.41) is 2.91. The van der Waals surface area contributed by atoms with Gasteiger partial charge in [0.05, 0.1) is 32.9 Å². The zero-order valence-corrected chi connectivity index (χ0v) is 17.7. The predicted octanol–water partition coefficient (Wildman–Crippen LogP) is 1.61. The molecule has 0 aliphatic carbocycles. The normalized spacial score (nSPS) is 20.9. The zero-order chi connectivity index (χ0) is 21.0. The molecule has 2 amide bonds. The first-order chi connectivity index (χ1) is 13.9. The van der Waals surface area contributed by atoms with Gasteiger partial charge in [0.2, 0.25) is 11.8 Å². The number of carbonyl (C=O) groups excluding carboxylic acids is 3. The molecule has 3 rings (SSSR count). The van der Waals surface area contributed by atoms with Gasteiger partial charge in [-0.1, -0.05) is 0 Å². The molecule has 9 heteroatoms. The van der Waals surface area contributed by atoms with Crippen LogP contribution in [0.4, 0.5) is 5.69 Å². The lowest BCUT2D eigenvalue weighted by Crippen LogP contribution is -2.58. The van der Waals surface area contributed by atoms with Crippen molar-refractivity contribution >= 4 is 35.2 Å². The summed E-state index contributed by atoms with van der Waals surface area (Å²) in [7, 11) is 4.40. The lowest BCUT2D eigenvalue weighted by Gasteiger charge is -2.35. The highest BCUT2D eigenvalue weighted by Gasteiger charge is 2.45. The number of thioether (sulfide) groups is 1. The number of methoxy groups -OCH3 is 3. The Morgan fingerprint density at radius 1 is 1.17 bits per heavy atom. The third-order valence-corrected chi connectivity index (χ3v) is 6.44. The number of hydrogen-bond donors (Lipinski definition) is 1. The van der Waals surface area contributed by atoms with Gasteiger partial charge in [0, 0.05) is 19.0 Å². The van der Waals surface area contributed by atoms with Crippen LogP contribution in [0, 0.1) is 5.92 Å². The first kappa shape index (κ1) is 21.3. The van der Waals surface area contributed by atoms with Gasteiger partial charge >= 0.3 is 5.97 Å². The van der Waals surface area contributed by atoms with Crippen LogP contribution < -0.4 is 19.7 Å². The molecule has 2 fully saturated rings. The number of esters is 1. The molecule has 0 bridgehead atoms. The topological polar surface area (TPSA) is 94.2 Å². The van der Waals surface area contributed by atoms with Crippen molar-refractivity contribution in [3.8, 4) is 11.5 Å². The van der Waals surface area contributed by atoms with Crippen LogP contribution in [0.25, 0.3) is 0 Å². The fourth-order valence-electron chi connectivity index (χ4n) is 3.76. The minimum absolute atomic E-state index is 0.0677. The highest BCUT2D eigenvalue weighted by Crippen LogP contribution is 2.36. The number of anilines is 1. The van der Waals surface area contributed by atoms with Crippen molar-refractivity contribution in [1.29, 1.82) is 0 Å². The van der Waals surface area contributed by atoms with E-state index in [-0.39, 0.29) is 24.8 Å². The zero-order valence-electron chi connectivity index (χ0n) is 16.9. The fourth-order valence-corrected chi connectivity index (χ4v) is 4.95. The molecule has 2 heterocycles. The first-order valence-corrected chi connectivity index (χ1v) is 10.6. The SMILES string of the molecule is COC(=O)C1(NC(=O)[C@@H]2CC(=O)N(c3cc(OC)ccc3OC)C2)CCSCC1. The van der Waals surface area contributed by atoms with Crippen molar-refractivity contribution in [3.63, 3.8) is 0 Å².